The summed E-state index contributed by atoms with van der Waals surface area (Å²) in [7, 11) is 0. The maximum Gasteiger partial charge on any atom is 0.150 e. The zero-order valence-electron chi connectivity index (χ0n) is 7.22. The minimum atomic E-state index is 0.571. The Morgan fingerprint density at radius 1 is 1.43 bits per heavy atom. The highest BCUT2D eigenvalue weighted by molar-refractivity contribution is 6.30. The van der Waals surface area contributed by atoms with Gasteiger partial charge in [0.1, 0.15) is 6.29 Å². The summed E-state index contributed by atoms with van der Waals surface area (Å²) >= 11 is 5.73. The molecule has 0 spiro atoms. The second-order valence-corrected chi connectivity index (χ2v) is 3.25. The smallest absolute Gasteiger partial charge is 0.150 e. The molecule has 2 aromatic rings. The summed E-state index contributed by atoms with van der Waals surface area (Å²) in [6.45, 7) is 0. The molecule has 14 heavy (non-hydrogen) atoms. The summed E-state index contributed by atoms with van der Waals surface area (Å²) in [4.78, 5) is 10.5. The molecule has 0 unspecified atom stereocenters. The van der Waals surface area contributed by atoms with Gasteiger partial charge in [-0.25, -0.2) is 4.68 Å². The molecular weight excluding hydrogens is 200 g/mol. The SMILES string of the molecule is O=Cc1cccc(-n2cc(Cl)cn2)c1. The van der Waals surface area contributed by atoms with E-state index in [-0.39, 0.29) is 0 Å². The molecule has 0 aliphatic rings. The van der Waals surface area contributed by atoms with Gasteiger partial charge in [0.25, 0.3) is 0 Å². The van der Waals surface area contributed by atoms with E-state index in [1.54, 1.807) is 35.3 Å². The van der Waals surface area contributed by atoms with E-state index in [2.05, 4.69) is 5.10 Å². The molecule has 1 heterocycles. The number of hydrogen-bond donors (Lipinski definition) is 0. The van der Waals surface area contributed by atoms with E-state index < -0.39 is 0 Å². The van der Waals surface area contributed by atoms with Crippen molar-refractivity contribution in [1.29, 1.82) is 0 Å². The van der Waals surface area contributed by atoms with Crippen LogP contribution < -0.4 is 0 Å². The van der Waals surface area contributed by atoms with Crippen LogP contribution in [0.2, 0.25) is 5.02 Å². The zero-order valence-corrected chi connectivity index (χ0v) is 7.98. The van der Waals surface area contributed by atoms with Gasteiger partial charge in [-0.05, 0) is 12.1 Å². The Kier molecular flexibility index (Phi) is 2.33. The highest BCUT2D eigenvalue weighted by atomic mass is 35.5. The normalized spacial score (nSPS) is 10.1. The molecule has 0 fully saturated rings. The van der Waals surface area contributed by atoms with Gasteiger partial charge in [-0.3, -0.25) is 4.79 Å². The predicted molar refractivity (Wildman–Crippen MR) is 54.0 cm³/mol. The van der Waals surface area contributed by atoms with Gasteiger partial charge in [0.05, 0.1) is 16.9 Å². The van der Waals surface area contributed by atoms with Crippen molar-refractivity contribution in [1.82, 2.24) is 9.78 Å². The first-order chi connectivity index (χ1) is 6.79. The lowest BCUT2D eigenvalue weighted by Crippen LogP contribution is -1.94. The number of aromatic nitrogens is 2. The Balaban J connectivity index is 2.46. The van der Waals surface area contributed by atoms with Gasteiger partial charge in [0, 0.05) is 11.8 Å². The summed E-state index contributed by atoms with van der Waals surface area (Å²) in [6, 6.07) is 7.14. The van der Waals surface area contributed by atoms with Crippen molar-refractivity contribution in [2.75, 3.05) is 0 Å². The molecule has 0 amide bonds. The van der Waals surface area contributed by atoms with Crippen molar-refractivity contribution in [3.05, 3.63) is 47.2 Å². The van der Waals surface area contributed by atoms with Crippen molar-refractivity contribution < 1.29 is 4.79 Å². The minimum Gasteiger partial charge on any atom is -0.298 e. The molecule has 0 N–H and O–H groups in total. The number of halogens is 1. The standard InChI is InChI=1S/C10H7ClN2O/c11-9-5-12-13(6-9)10-3-1-2-8(4-10)7-14/h1-7H. The number of nitrogens with zero attached hydrogens (tertiary/aromatic N) is 2. The Labute approximate surface area is 85.9 Å². The number of carbonyl (C=O) groups excluding carboxylic acids is 1. The number of hydrogen-bond acceptors (Lipinski definition) is 2. The quantitative estimate of drug-likeness (QED) is 0.707. The molecule has 0 saturated carbocycles. The van der Waals surface area contributed by atoms with E-state index in [9.17, 15) is 4.79 Å². The van der Waals surface area contributed by atoms with E-state index in [1.807, 2.05) is 6.07 Å². The van der Waals surface area contributed by atoms with Crippen molar-refractivity contribution in [3.8, 4) is 5.69 Å². The van der Waals surface area contributed by atoms with Crippen LogP contribution in [0.4, 0.5) is 0 Å². The van der Waals surface area contributed by atoms with E-state index >= 15 is 0 Å². The number of rotatable bonds is 2. The lowest BCUT2D eigenvalue weighted by atomic mass is 10.2. The van der Waals surface area contributed by atoms with Crippen LogP contribution in [0.3, 0.4) is 0 Å². The minimum absolute atomic E-state index is 0.571. The maximum absolute atomic E-state index is 10.5. The largest absolute Gasteiger partial charge is 0.298 e. The summed E-state index contributed by atoms with van der Waals surface area (Å²) < 4.78 is 1.62. The second kappa shape index (κ2) is 3.64. The van der Waals surface area contributed by atoms with Gasteiger partial charge in [-0.15, -0.1) is 0 Å². The fourth-order valence-corrected chi connectivity index (χ4v) is 1.32. The van der Waals surface area contributed by atoms with Crippen LogP contribution in [-0.2, 0) is 0 Å². The van der Waals surface area contributed by atoms with E-state index in [0.717, 1.165) is 12.0 Å². The zero-order chi connectivity index (χ0) is 9.97. The fraction of sp³-hybridized carbons (Fsp3) is 0. The average Bonchev–Trinajstić information content (AvgIpc) is 2.65. The van der Waals surface area contributed by atoms with Gasteiger partial charge >= 0.3 is 0 Å². The summed E-state index contributed by atoms with van der Waals surface area (Å²) in [5.41, 5.74) is 1.44. The first kappa shape index (κ1) is 8.97. The Morgan fingerprint density at radius 3 is 2.93 bits per heavy atom. The Morgan fingerprint density at radius 2 is 2.29 bits per heavy atom. The molecular formula is C10H7ClN2O. The molecule has 4 heteroatoms. The molecule has 0 saturated heterocycles. The molecule has 0 atom stereocenters. The molecule has 1 aromatic heterocycles. The first-order valence-electron chi connectivity index (χ1n) is 4.05. The molecule has 2 rings (SSSR count). The Hall–Kier alpha value is -1.61. The fourth-order valence-electron chi connectivity index (χ4n) is 1.18. The highest BCUT2D eigenvalue weighted by Gasteiger charge is 1.99. The van der Waals surface area contributed by atoms with Gasteiger partial charge in [-0.2, -0.15) is 5.10 Å². The highest BCUT2D eigenvalue weighted by Crippen LogP contribution is 2.12. The summed E-state index contributed by atoms with van der Waals surface area (Å²) in [5, 5.41) is 4.60. The lowest BCUT2D eigenvalue weighted by molar-refractivity contribution is 0.112. The number of carbonyl (C=O) groups is 1. The molecule has 1 aromatic carbocycles. The topological polar surface area (TPSA) is 34.9 Å². The van der Waals surface area contributed by atoms with Crippen molar-refractivity contribution in [2.45, 2.75) is 0 Å². The van der Waals surface area contributed by atoms with Crippen molar-refractivity contribution in [3.63, 3.8) is 0 Å². The van der Waals surface area contributed by atoms with Crippen LogP contribution in [0.5, 0.6) is 0 Å². The lowest BCUT2D eigenvalue weighted by Gasteiger charge is -2.00. The van der Waals surface area contributed by atoms with Crippen LogP contribution in [0.25, 0.3) is 5.69 Å². The van der Waals surface area contributed by atoms with Gasteiger partial charge in [0.15, 0.2) is 0 Å². The third kappa shape index (κ3) is 1.67. The van der Waals surface area contributed by atoms with Crippen LogP contribution in [-0.4, -0.2) is 16.1 Å². The van der Waals surface area contributed by atoms with Crippen LogP contribution in [0.1, 0.15) is 10.4 Å². The third-order valence-electron chi connectivity index (χ3n) is 1.82. The van der Waals surface area contributed by atoms with Crippen LogP contribution >= 0.6 is 11.6 Å². The second-order valence-electron chi connectivity index (χ2n) is 2.82. The monoisotopic (exact) mass is 206 g/mol. The predicted octanol–water partition coefficient (Wildman–Crippen LogP) is 2.34. The Bertz CT molecular complexity index is 465. The molecule has 0 bridgehead atoms. The van der Waals surface area contributed by atoms with E-state index in [4.69, 9.17) is 11.6 Å². The molecule has 0 aliphatic heterocycles. The molecule has 0 aliphatic carbocycles. The van der Waals surface area contributed by atoms with Gasteiger partial charge in [0.2, 0.25) is 0 Å². The van der Waals surface area contributed by atoms with E-state index in [1.165, 1.54) is 0 Å². The molecule has 3 nitrogen and oxygen atoms in total. The van der Waals surface area contributed by atoms with Crippen LogP contribution in [0, 0.1) is 0 Å². The molecule has 70 valence electrons. The average molecular weight is 207 g/mol. The van der Waals surface area contributed by atoms with Crippen LogP contribution in [0.15, 0.2) is 36.7 Å². The van der Waals surface area contributed by atoms with E-state index in [0.29, 0.717) is 10.6 Å². The number of benzene rings is 1. The van der Waals surface area contributed by atoms with Crippen molar-refractivity contribution >= 4 is 17.9 Å². The van der Waals surface area contributed by atoms with Gasteiger partial charge in [-0.1, -0.05) is 23.7 Å². The number of aldehydes is 1. The third-order valence-corrected chi connectivity index (χ3v) is 2.02. The summed E-state index contributed by atoms with van der Waals surface area (Å²) in [5.74, 6) is 0. The summed E-state index contributed by atoms with van der Waals surface area (Å²) in [6.07, 6.45) is 4.04. The first-order valence-corrected chi connectivity index (χ1v) is 4.43. The molecule has 0 radical (unpaired) electrons. The van der Waals surface area contributed by atoms with Crippen molar-refractivity contribution in [2.24, 2.45) is 0 Å². The van der Waals surface area contributed by atoms with Gasteiger partial charge < -0.3 is 0 Å². The maximum atomic E-state index is 10.5.